The fraction of sp³-hybridized carbons (Fsp3) is 0.389. The zero-order valence-electron chi connectivity index (χ0n) is 48.3. The van der Waals surface area contributed by atoms with E-state index in [-0.39, 0.29) is 44.9 Å². The maximum absolute atomic E-state index is 2.99. The van der Waals surface area contributed by atoms with Gasteiger partial charge in [0, 0.05) is 49.5 Å². The summed E-state index contributed by atoms with van der Waals surface area (Å²) in [4.78, 5) is 8.66. The molecule has 0 radical (unpaired) electrons. The van der Waals surface area contributed by atoms with Gasteiger partial charge in [0.2, 0.25) is 0 Å². The lowest BCUT2D eigenvalue weighted by atomic mass is 9.33. The molecule has 5 heteroatoms. The molecule has 4 atom stereocenters. The van der Waals surface area contributed by atoms with Crippen molar-refractivity contribution in [2.45, 2.75) is 180 Å². The van der Waals surface area contributed by atoms with Crippen LogP contribution in [0.3, 0.4) is 0 Å². The van der Waals surface area contributed by atoms with Crippen LogP contribution in [0.2, 0.25) is 0 Å². The molecule has 2 fully saturated rings. The average Bonchev–Trinajstić information content (AvgIpc) is 3.47. The van der Waals surface area contributed by atoms with Gasteiger partial charge in [-0.3, -0.25) is 0 Å². The summed E-state index contributed by atoms with van der Waals surface area (Å²) in [5.41, 5.74) is 24.6. The molecule has 2 saturated carbocycles. The highest BCUT2D eigenvalue weighted by atomic mass is 32.1. The van der Waals surface area contributed by atoms with Crippen molar-refractivity contribution in [1.82, 2.24) is 0 Å². The lowest BCUT2D eigenvalue weighted by Crippen LogP contribution is -2.64. The van der Waals surface area contributed by atoms with Crippen molar-refractivity contribution < 1.29 is 0 Å². The van der Waals surface area contributed by atoms with Gasteiger partial charge < -0.3 is 14.7 Å². The molecule has 3 nitrogen and oxygen atoms in total. The van der Waals surface area contributed by atoms with Crippen LogP contribution in [0.15, 0.2) is 140 Å². The number of benzene rings is 7. The molecule has 0 N–H and O–H groups in total. The van der Waals surface area contributed by atoms with Crippen molar-refractivity contribution >= 4 is 83.6 Å². The minimum absolute atomic E-state index is 0.00809. The van der Waals surface area contributed by atoms with Crippen LogP contribution < -0.4 is 31.1 Å². The van der Waals surface area contributed by atoms with E-state index in [0.717, 1.165) is 12.8 Å². The van der Waals surface area contributed by atoms with E-state index in [0.29, 0.717) is 0 Å². The van der Waals surface area contributed by atoms with Gasteiger partial charge in [-0.1, -0.05) is 199 Å². The Kier molecular flexibility index (Phi) is 10.4. The Morgan fingerprint density at radius 1 is 0.455 bits per heavy atom. The Hall–Kier alpha value is -6.04. The smallest absolute Gasteiger partial charge is 0.254 e. The molecule has 2 aliphatic carbocycles. The van der Waals surface area contributed by atoms with Crippen LogP contribution in [-0.4, -0.2) is 17.8 Å². The van der Waals surface area contributed by atoms with E-state index in [1.807, 2.05) is 11.3 Å². The van der Waals surface area contributed by atoms with Gasteiger partial charge in [0.1, 0.15) is 0 Å². The second-order valence-corrected chi connectivity index (χ2v) is 29.4. The van der Waals surface area contributed by atoms with Gasteiger partial charge in [-0.05, 0) is 165 Å². The third kappa shape index (κ3) is 6.74. The standard InChI is InChI=1S/C72H78BN3S/c1-66(2,3)48-29-32-57(52(39-48)46-26-18-15-19-27-46)74-59-43-51(75-58-31-28-47(45-24-16-14-17-25-45)38-54(58)69(10)34-20-22-36-71(69,75)12)44-60-63(59)73(62-53-40-49(67(4,5)6)30-33-61(53)77-65(62)74)56-42-50(68(7,8)9)41-55-64(56)76(60)72(13)37-23-21-35-70(55,72)11/h14-19,24-33,38-44H,20-23,34-37H2,1-13H3. The number of hydrogen-bond donors (Lipinski definition) is 0. The zero-order chi connectivity index (χ0) is 53.6. The van der Waals surface area contributed by atoms with Gasteiger partial charge in [0.05, 0.1) is 21.8 Å². The normalized spacial score (nSPS) is 24.1. The van der Waals surface area contributed by atoms with Crippen LogP contribution in [0.4, 0.5) is 39.1 Å². The molecule has 1 aromatic heterocycles. The SMILES string of the molecule is CC(C)(C)c1ccc(N2c3cc(N4c5ccc(-c6ccccc6)cc5C5(C)CCCCC45C)cc4c3B(c3cc(C(C)(C)C)cc5c3N4C3(C)CCCCC53C)c3c2sc2ccc(C(C)(C)C)cc32)c(-c2ccccc2)c1. The summed E-state index contributed by atoms with van der Waals surface area (Å²) in [5, 5.41) is 2.76. The minimum atomic E-state index is -0.147. The highest BCUT2D eigenvalue weighted by molar-refractivity contribution is 7.26. The summed E-state index contributed by atoms with van der Waals surface area (Å²) in [7, 11) is 0. The van der Waals surface area contributed by atoms with Gasteiger partial charge in [-0.25, -0.2) is 0 Å². The van der Waals surface area contributed by atoms with Crippen LogP contribution >= 0.6 is 11.3 Å². The first-order chi connectivity index (χ1) is 36.5. The Morgan fingerprint density at radius 2 is 1.03 bits per heavy atom. The molecule has 4 unspecified atom stereocenters. The van der Waals surface area contributed by atoms with E-state index in [9.17, 15) is 0 Å². The first kappa shape index (κ1) is 49.3. The largest absolute Gasteiger partial charge is 0.335 e. The molecule has 7 aromatic carbocycles. The summed E-state index contributed by atoms with van der Waals surface area (Å²) < 4.78 is 1.36. The molecule has 0 spiro atoms. The number of rotatable bonds is 4. The first-order valence-electron chi connectivity index (χ1n) is 29.3. The molecular formula is C72H78BN3S. The summed E-state index contributed by atoms with van der Waals surface area (Å²) in [6.45, 7) is 32.2. The Balaban J connectivity index is 1.14. The topological polar surface area (TPSA) is 9.72 Å². The number of nitrogens with zero attached hydrogens (tertiary/aromatic N) is 3. The van der Waals surface area contributed by atoms with Gasteiger partial charge >= 0.3 is 0 Å². The minimum Gasteiger partial charge on any atom is -0.335 e. The predicted molar refractivity (Wildman–Crippen MR) is 334 cm³/mol. The van der Waals surface area contributed by atoms with Crippen molar-refractivity contribution in [2.75, 3.05) is 14.7 Å². The maximum Gasteiger partial charge on any atom is 0.254 e. The van der Waals surface area contributed by atoms with E-state index in [4.69, 9.17) is 0 Å². The van der Waals surface area contributed by atoms with Gasteiger partial charge in [-0.15, -0.1) is 11.3 Å². The molecular weight excluding hydrogens is 950 g/mol. The summed E-state index contributed by atoms with van der Waals surface area (Å²) >= 11 is 2.01. The van der Waals surface area contributed by atoms with Crippen molar-refractivity contribution in [3.8, 4) is 22.3 Å². The lowest BCUT2D eigenvalue weighted by Gasteiger charge is -2.53. The number of anilines is 7. The Morgan fingerprint density at radius 3 is 1.69 bits per heavy atom. The van der Waals surface area contributed by atoms with Crippen molar-refractivity contribution in [1.29, 1.82) is 0 Å². The van der Waals surface area contributed by atoms with E-state index >= 15 is 0 Å². The molecule has 6 aliphatic rings. The fourth-order valence-electron chi connectivity index (χ4n) is 16.1. The second kappa shape index (κ2) is 16.3. The average molecular weight is 1030 g/mol. The third-order valence-electron chi connectivity index (χ3n) is 21.0. The molecule has 4 aliphatic heterocycles. The second-order valence-electron chi connectivity index (χ2n) is 28.4. The Bertz CT molecular complexity index is 3760. The van der Waals surface area contributed by atoms with Crippen molar-refractivity contribution in [3.05, 3.63) is 167 Å². The summed E-state index contributed by atoms with van der Waals surface area (Å²) in [6.07, 6.45) is 9.65. The Labute approximate surface area is 464 Å². The van der Waals surface area contributed by atoms with E-state index < -0.39 is 0 Å². The monoisotopic (exact) mass is 1030 g/mol. The van der Waals surface area contributed by atoms with E-state index in [1.54, 1.807) is 5.56 Å². The summed E-state index contributed by atoms with van der Waals surface area (Å²) in [5.74, 6) is 0. The van der Waals surface area contributed by atoms with Crippen molar-refractivity contribution in [2.24, 2.45) is 0 Å². The molecule has 0 saturated heterocycles. The molecule has 77 heavy (non-hydrogen) atoms. The zero-order valence-corrected chi connectivity index (χ0v) is 49.1. The maximum atomic E-state index is 2.99. The van der Waals surface area contributed by atoms with Crippen LogP contribution in [0, 0.1) is 0 Å². The van der Waals surface area contributed by atoms with Crippen LogP contribution in [-0.2, 0) is 27.1 Å². The molecule has 0 bridgehead atoms. The number of fused-ring (bicyclic) bond motifs is 12. The highest BCUT2D eigenvalue weighted by Gasteiger charge is 2.63. The molecule has 5 heterocycles. The molecule has 8 aromatic rings. The van der Waals surface area contributed by atoms with Crippen LogP contribution in [0.25, 0.3) is 32.3 Å². The number of thiophene rings is 1. The van der Waals surface area contributed by atoms with Gasteiger partial charge in [0.25, 0.3) is 6.71 Å². The number of hydrogen-bond acceptors (Lipinski definition) is 4. The first-order valence-corrected chi connectivity index (χ1v) is 30.1. The predicted octanol–water partition coefficient (Wildman–Crippen LogP) is 18.2. The third-order valence-corrected chi connectivity index (χ3v) is 22.2. The lowest BCUT2D eigenvalue weighted by molar-refractivity contribution is 0.194. The molecule has 14 rings (SSSR count). The van der Waals surface area contributed by atoms with Gasteiger partial charge in [0.15, 0.2) is 0 Å². The van der Waals surface area contributed by atoms with Crippen LogP contribution in [0.1, 0.15) is 169 Å². The van der Waals surface area contributed by atoms with E-state index in [1.165, 1.54) is 149 Å². The van der Waals surface area contributed by atoms with E-state index in [2.05, 4.69) is 244 Å². The summed E-state index contributed by atoms with van der Waals surface area (Å²) in [6, 6.07) is 55.6. The van der Waals surface area contributed by atoms with Crippen molar-refractivity contribution in [3.63, 3.8) is 0 Å². The quantitative estimate of drug-likeness (QED) is 0.163. The molecule has 390 valence electrons. The van der Waals surface area contributed by atoms with Crippen LogP contribution in [0.5, 0.6) is 0 Å². The fourth-order valence-corrected chi connectivity index (χ4v) is 17.4. The molecule has 0 amide bonds. The highest BCUT2D eigenvalue weighted by Crippen LogP contribution is 2.66. The van der Waals surface area contributed by atoms with Gasteiger partial charge in [-0.2, -0.15) is 0 Å².